The third kappa shape index (κ3) is 7.75. The molecule has 0 aliphatic rings. The van der Waals surface area contributed by atoms with Gasteiger partial charge in [-0.3, -0.25) is 14.4 Å². The molecule has 0 aliphatic carbocycles. The normalized spacial score (nSPS) is 10.8. The number of amides is 3. The monoisotopic (exact) mass is 440 g/mol. The molecule has 0 radical (unpaired) electrons. The Bertz CT molecular complexity index is 986. The van der Waals surface area contributed by atoms with Gasteiger partial charge in [-0.15, -0.1) is 0 Å². The lowest BCUT2D eigenvalue weighted by Crippen LogP contribution is -2.33. The SMILES string of the molecule is COc1ccc(CCNC(=O)C/C(C)=N/NC(=O)C(=O)Nc2ccc(C)cc2)cc1OC. The highest BCUT2D eigenvalue weighted by Gasteiger charge is 2.13. The molecule has 0 atom stereocenters. The van der Waals surface area contributed by atoms with Crippen molar-refractivity contribution in [3.8, 4) is 11.5 Å². The van der Waals surface area contributed by atoms with E-state index in [1.165, 1.54) is 0 Å². The lowest BCUT2D eigenvalue weighted by molar-refractivity contribution is -0.136. The third-order valence-electron chi connectivity index (χ3n) is 4.46. The van der Waals surface area contributed by atoms with Crippen LogP contribution in [0, 0.1) is 6.92 Å². The molecule has 0 spiro atoms. The Labute approximate surface area is 187 Å². The fourth-order valence-electron chi connectivity index (χ4n) is 2.74. The quantitative estimate of drug-likeness (QED) is 0.314. The molecule has 9 heteroatoms. The van der Waals surface area contributed by atoms with E-state index in [-0.39, 0.29) is 12.3 Å². The molecule has 0 aromatic heterocycles. The second-order valence-electron chi connectivity index (χ2n) is 7.07. The standard InChI is InChI=1S/C23H28N4O5/c1-15-5-8-18(9-6-15)25-22(29)23(30)27-26-16(2)13-21(28)24-12-11-17-7-10-19(31-3)20(14-17)32-4/h5-10,14H,11-13H2,1-4H3,(H,24,28)(H,25,29)(H,27,30)/b26-16+. The molecule has 0 bridgehead atoms. The van der Waals surface area contributed by atoms with Crippen molar-refractivity contribution >= 4 is 29.1 Å². The van der Waals surface area contributed by atoms with Crippen molar-refractivity contribution in [3.05, 3.63) is 53.6 Å². The number of rotatable bonds is 9. The molecule has 2 rings (SSSR count). The summed E-state index contributed by atoms with van der Waals surface area (Å²) in [7, 11) is 3.14. The maximum absolute atomic E-state index is 12.1. The van der Waals surface area contributed by atoms with Crippen molar-refractivity contribution in [1.82, 2.24) is 10.7 Å². The molecular weight excluding hydrogens is 412 g/mol. The van der Waals surface area contributed by atoms with Gasteiger partial charge in [-0.1, -0.05) is 23.8 Å². The van der Waals surface area contributed by atoms with Crippen LogP contribution in [-0.4, -0.2) is 44.2 Å². The van der Waals surface area contributed by atoms with Crippen LogP contribution in [0.15, 0.2) is 47.6 Å². The van der Waals surface area contributed by atoms with Crippen LogP contribution in [0.5, 0.6) is 11.5 Å². The number of anilines is 1. The summed E-state index contributed by atoms with van der Waals surface area (Å²) in [5.74, 6) is -0.739. The second kappa shape index (κ2) is 12.1. The first-order valence-electron chi connectivity index (χ1n) is 10.0. The Kier molecular flexibility index (Phi) is 9.22. The van der Waals surface area contributed by atoms with E-state index in [0.29, 0.717) is 35.9 Å². The smallest absolute Gasteiger partial charge is 0.329 e. The number of hydrazone groups is 1. The number of benzene rings is 2. The first kappa shape index (κ1) is 24.4. The molecule has 2 aromatic carbocycles. The molecule has 3 amide bonds. The Morgan fingerprint density at radius 3 is 2.28 bits per heavy atom. The minimum absolute atomic E-state index is 0.00814. The molecule has 0 saturated heterocycles. The summed E-state index contributed by atoms with van der Waals surface area (Å²) in [5.41, 5.74) is 5.05. The minimum atomic E-state index is -0.918. The highest BCUT2D eigenvalue weighted by Crippen LogP contribution is 2.27. The average molecular weight is 441 g/mol. The van der Waals surface area contributed by atoms with Gasteiger partial charge in [0, 0.05) is 17.9 Å². The molecular formula is C23H28N4O5. The summed E-state index contributed by atoms with van der Waals surface area (Å²) in [6.07, 6.45) is 0.601. The van der Waals surface area contributed by atoms with Crippen LogP contribution < -0.4 is 25.5 Å². The predicted octanol–water partition coefficient (Wildman–Crippen LogP) is 2.19. The van der Waals surface area contributed by atoms with E-state index < -0.39 is 11.8 Å². The Morgan fingerprint density at radius 2 is 1.62 bits per heavy atom. The highest BCUT2D eigenvalue weighted by molar-refractivity contribution is 6.39. The highest BCUT2D eigenvalue weighted by atomic mass is 16.5. The third-order valence-corrected chi connectivity index (χ3v) is 4.46. The largest absolute Gasteiger partial charge is 0.493 e. The summed E-state index contributed by atoms with van der Waals surface area (Å²) in [6.45, 7) is 3.93. The van der Waals surface area contributed by atoms with Crippen LogP contribution in [0.4, 0.5) is 5.69 Å². The van der Waals surface area contributed by atoms with Crippen LogP contribution in [-0.2, 0) is 20.8 Å². The molecule has 0 fully saturated rings. The van der Waals surface area contributed by atoms with Gasteiger partial charge in [0.05, 0.1) is 20.6 Å². The maximum Gasteiger partial charge on any atom is 0.329 e. The summed E-state index contributed by atoms with van der Waals surface area (Å²) in [5, 5.41) is 9.08. The van der Waals surface area contributed by atoms with E-state index in [0.717, 1.165) is 11.1 Å². The van der Waals surface area contributed by atoms with Gasteiger partial charge in [0.1, 0.15) is 0 Å². The average Bonchev–Trinajstić information content (AvgIpc) is 2.78. The lowest BCUT2D eigenvalue weighted by Gasteiger charge is -2.10. The number of ether oxygens (including phenoxy) is 2. The lowest BCUT2D eigenvalue weighted by atomic mass is 10.1. The molecule has 0 heterocycles. The van der Waals surface area contributed by atoms with E-state index in [2.05, 4.69) is 21.2 Å². The number of aryl methyl sites for hydroxylation is 1. The van der Waals surface area contributed by atoms with Gasteiger partial charge >= 0.3 is 11.8 Å². The zero-order valence-corrected chi connectivity index (χ0v) is 18.7. The molecule has 2 aromatic rings. The van der Waals surface area contributed by atoms with Crippen molar-refractivity contribution < 1.29 is 23.9 Å². The van der Waals surface area contributed by atoms with Crippen molar-refractivity contribution in [2.24, 2.45) is 5.10 Å². The Morgan fingerprint density at radius 1 is 0.938 bits per heavy atom. The maximum atomic E-state index is 12.1. The van der Waals surface area contributed by atoms with E-state index in [1.807, 2.05) is 37.3 Å². The van der Waals surface area contributed by atoms with Crippen molar-refractivity contribution in [2.75, 3.05) is 26.1 Å². The van der Waals surface area contributed by atoms with Crippen molar-refractivity contribution in [2.45, 2.75) is 26.7 Å². The van der Waals surface area contributed by atoms with Crippen LogP contribution >= 0.6 is 0 Å². The Hall–Kier alpha value is -3.88. The number of carbonyl (C=O) groups excluding carboxylic acids is 3. The van der Waals surface area contributed by atoms with E-state index >= 15 is 0 Å². The topological polar surface area (TPSA) is 118 Å². The summed E-state index contributed by atoms with van der Waals surface area (Å²) < 4.78 is 10.5. The van der Waals surface area contributed by atoms with E-state index in [1.54, 1.807) is 33.3 Å². The molecule has 0 saturated carbocycles. The van der Waals surface area contributed by atoms with Crippen molar-refractivity contribution in [1.29, 1.82) is 0 Å². The number of nitrogens with one attached hydrogen (secondary N) is 3. The predicted molar refractivity (Wildman–Crippen MR) is 122 cm³/mol. The second-order valence-corrected chi connectivity index (χ2v) is 7.07. The van der Waals surface area contributed by atoms with Gasteiger partial charge in [0.15, 0.2) is 11.5 Å². The zero-order chi connectivity index (χ0) is 23.5. The number of nitrogens with zero attached hydrogens (tertiary/aromatic N) is 1. The van der Waals surface area contributed by atoms with Gasteiger partial charge in [0.2, 0.25) is 5.91 Å². The molecule has 0 aliphatic heterocycles. The fraction of sp³-hybridized carbons (Fsp3) is 0.304. The molecule has 0 unspecified atom stereocenters. The Balaban J connectivity index is 1.74. The van der Waals surface area contributed by atoms with Crippen molar-refractivity contribution in [3.63, 3.8) is 0 Å². The van der Waals surface area contributed by atoms with Crippen LogP contribution in [0.25, 0.3) is 0 Å². The van der Waals surface area contributed by atoms with Crippen LogP contribution in [0.3, 0.4) is 0 Å². The van der Waals surface area contributed by atoms with Gasteiger partial charge in [-0.25, -0.2) is 5.43 Å². The first-order chi connectivity index (χ1) is 15.3. The first-order valence-corrected chi connectivity index (χ1v) is 10.0. The summed E-state index contributed by atoms with van der Waals surface area (Å²) in [6, 6.07) is 12.6. The van der Waals surface area contributed by atoms with Crippen LogP contribution in [0.1, 0.15) is 24.5 Å². The fourth-order valence-corrected chi connectivity index (χ4v) is 2.74. The summed E-state index contributed by atoms with van der Waals surface area (Å²) in [4.78, 5) is 35.9. The molecule has 3 N–H and O–H groups in total. The van der Waals surface area contributed by atoms with Gasteiger partial charge in [-0.2, -0.15) is 5.10 Å². The number of methoxy groups -OCH3 is 2. The van der Waals surface area contributed by atoms with E-state index in [9.17, 15) is 14.4 Å². The number of carbonyl (C=O) groups is 3. The molecule has 32 heavy (non-hydrogen) atoms. The zero-order valence-electron chi connectivity index (χ0n) is 18.7. The van der Waals surface area contributed by atoms with Gasteiger partial charge < -0.3 is 20.1 Å². The number of hydrogen-bond donors (Lipinski definition) is 3. The van der Waals surface area contributed by atoms with Gasteiger partial charge in [0.25, 0.3) is 0 Å². The van der Waals surface area contributed by atoms with Gasteiger partial charge in [-0.05, 0) is 50.1 Å². The molecule has 170 valence electrons. The van der Waals surface area contributed by atoms with E-state index in [4.69, 9.17) is 9.47 Å². The van der Waals surface area contributed by atoms with Crippen LogP contribution in [0.2, 0.25) is 0 Å². The minimum Gasteiger partial charge on any atom is -0.493 e. The number of hydrogen-bond acceptors (Lipinski definition) is 6. The summed E-state index contributed by atoms with van der Waals surface area (Å²) >= 11 is 0. The molecule has 9 nitrogen and oxygen atoms in total.